The molecule has 0 aliphatic heterocycles. The summed E-state index contributed by atoms with van der Waals surface area (Å²) in [6, 6.07) is 10.8. The van der Waals surface area contributed by atoms with Crippen molar-refractivity contribution in [1.82, 2.24) is 10.3 Å². The SMILES string of the molecule is O=C(/C=C/c1ccc(Oc2cccnc2)c(F)c1)NCCc1cc(F)cc(F)c1. The first kappa shape index (κ1) is 20.1. The van der Waals surface area contributed by atoms with Crippen LogP contribution in [0.25, 0.3) is 6.08 Å². The predicted octanol–water partition coefficient (Wildman–Crippen LogP) is 4.66. The Morgan fingerprint density at radius 1 is 1.07 bits per heavy atom. The lowest BCUT2D eigenvalue weighted by atomic mass is 10.1. The molecule has 0 atom stereocenters. The molecule has 2 aromatic carbocycles. The van der Waals surface area contributed by atoms with Gasteiger partial charge in [0.25, 0.3) is 0 Å². The zero-order valence-electron chi connectivity index (χ0n) is 15.2. The van der Waals surface area contributed by atoms with E-state index in [0.717, 1.165) is 6.07 Å². The molecule has 0 aliphatic carbocycles. The third kappa shape index (κ3) is 6.21. The Labute approximate surface area is 165 Å². The first-order chi connectivity index (χ1) is 14.0. The number of rotatable bonds is 7. The monoisotopic (exact) mass is 398 g/mol. The number of carbonyl (C=O) groups excluding carboxylic acids is 1. The van der Waals surface area contributed by atoms with Crippen LogP contribution in [0.3, 0.4) is 0 Å². The topological polar surface area (TPSA) is 51.2 Å². The summed E-state index contributed by atoms with van der Waals surface area (Å²) in [4.78, 5) is 15.8. The van der Waals surface area contributed by atoms with Crippen molar-refractivity contribution in [2.75, 3.05) is 6.54 Å². The molecule has 0 saturated carbocycles. The molecule has 1 heterocycles. The van der Waals surface area contributed by atoms with Gasteiger partial charge in [-0.2, -0.15) is 0 Å². The molecule has 0 unspecified atom stereocenters. The number of hydrogen-bond acceptors (Lipinski definition) is 3. The lowest BCUT2D eigenvalue weighted by molar-refractivity contribution is -0.116. The molecule has 3 aromatic rings. The fourth-order valence-electron chi connectivity index (χ4n) is 2.55. The number of hydrogen-bond donors (Lipinski definition) is 1. The van der Waals surface area contributed by atoms with Gasteiger partial charge in [0.2, 0.25) is 5.91 Å². The maximum Gasteiger partial charge on any atom is 0.244 e. The van der Waals surface area contributed by atoms with Crippen molar-refractivity contribution < 1.29 is 22.7 Å². The van der Waals surface area contributed by atoms with Crippen LogP contribution in [0.4, 0.5) is 13.2 Å². The van der Waals surface area contributed by atoms with E-state index >= 15 is 0 Å². The van der Waals surface area contributed by atoms with Crippen molar-refractivity contribution in [1.29, 1.82) is 0 Å². The summed E-state index contributed by atoms with van der Waals surface area (Å²) >= 11 is 0. The van der Waals surface area contributed by atoms with Crippen molar-refractivity contribution in [3.05, 3.63) is 95.6 Å². The Bertz CT molecular complexity index is 1000. The van der Waals surface area contributed by atoms with Crippen LogP contribution < -0.4 is 10.1 Å². The number of nitrogens with one attached hydrogen (secondary N) is 1. The second-order valence-electron chi connectivity index (χ2n) is 6.13. The quantitative estimate of drug-likeness (QED) is 0.589. The van der Waals surface area contributed by atoms with Gasteiger partial charge in [0.1, 0.15) is 17.4 Å². The number of nitrogens with zero attached hydrogens (tertiary/aromatic N) is 1. The van der Waals surface area contributed by atoms with Crippen LogP contribution in [-0.4, -0.2) is 17.4 Å². The summed E-state index contributed by atoms with van der Waals surface area (Å²) in [5.74, 6) is -1.86. The first-order valence-corrected chi connectivity index (χ1v) is 8.78. The van der Waals surface area contributed by atoms with Gasteiger partial charge in [-0.05, 0) is 60.0 Å². The molecule has 0 aliphatic rings. The summed E-state index contributed by atoms with van der Waals surface area (Å²) < 4.78 is 45.8. The van der Waals surface area contributed by atoms with Crippen molar-refractivity contribution >= 4 is 12.0 Å². The number of pyridine rings is 1. The van der Waals surface area contributed by atoms with Crippen LogP contribution in [-0.2, 0) is 11.2 Å². The van der Waals surface area contributed by atoms with Gasteiger partial charge in [0.15, 0.2) is 11.6 Å². The van der Waals surface area contributed by atoms with Crippen LogP contribution in [0.5, 0.6) is 11.5 Å². The van der Waals surface area contributed by atoms with Crippen LogP contribution in [0.2, 0.25) is 0 Å². The molecule has 1 N–H and O–H groups in total. The van der Waals surface area contributed by atoms with E-state index in [-0.39, 0.29) is 18.7 Å². The second-order valence-corrected chi connectivity index (χ2v) is 6.13. The number of aromatic nitrogens is 1. The Kier molecular flexibility index (Phi) is 6.63. The molecule has 0 fully saturated rings. The van der Waals surface area contributed by atoms with Crippen LogP contribution >= 0.6 is 0 Å². The van der Waals surface area contributed by atoms with Gasteiger partial charge >= 0.3 is 0 Å². The minimum atomic E-state index is -0.663. The minimum Gasteiger partial charge on any atom is -0.453 e. The Morgan fingerprint density at radius 2 is 1.86 bits per heavy atom. The number of benzene rings is 2. The van der Waals surface area contributed by atoms with Gasteiger partial charge in [0, 0.05) is 24.9 Å². The van der Waals surface area contributed by atoms with E-state index in [1.165, 1.54) is 42.6 Å². The molecule has 0 bridgehead atoms. The highest BCUT2D eigenvalue weighted by Crippen LogP contribution is 2.24. The molecule has 4 nitrogen and oxygen atoms in total. The van der Waals surface area contributed by atoms with E-state index in [1.54, 1.807) is 24.4 Å². The Hall–Kier alpha value is -3.61. The van der Waals surface area contributed by atoms with Crippen LogP contribution in [0.15, 0.2) is 67.0 Å². The van der Waals surface area contributed by atoms with Crippen LogP contribution in [0, 0.1) is 17.5 Å². The predicted molar refractivity (Wildman–Crippen MR) is 103 cm³/mol. The molecule has 3 rings (SSSR count). The van der Waals surface area contributed by atoms with Gasteiger partial charge in [-0.15, -0.1) is 0 Å². The van der Waals surface area contributed by atoms with Crippen molar-refractivity contribution in [3.63, 3.8) is 0 Å². The highest BCUT2D eigenvalue weighted by atomic mass is 19.1. The standard InChI is InChI=1S/C22H17F3N2O2/c23-17-10-16(11-18(24)13-17)7-9-27-22(28)6-4-15-3-5-21(20(25)12-15)29-19-2-1-8-26-14-19/h1-6,8,10-14H,7,9H2,(H,27,28)/b6-4+. The van der Waals surface area contributed by atoms with E-state index in [1.807, 2.05) is 0 Å². The molecule has 0 spiro atoms. The smallest absolute Gasteiger partial charge is 0.244 e. The lowest BCUT2D eigenvalue weighted by Crippen LogP contribution is -2.23. The molecule has 1 amide bonds. The van der Waals surface area contributed by atoms with Gasteiger partial charge in [-0.3, -0.25) is 9.78 Å². The normalized spacial score (nSPS) is 10.9. The summed E-state index contributed by atoms with van der Waals surface area (Å²) in [6.45, 7) is 0.207. The van der Waals surface area contributed by atoms with E-state index < -0.39 is 23.4 Å². The van der Waals surface area contributed by atoms with Crippen molar-refractivity contribution in [2.45, 2.75) is 6.42 Å². The first-order valence-electron chi connectivity index (χ1n) is 8.78. The van der Waals surface area contributed by atoms with Gasteiger partial charge in [0.05, 0.1) is 6.20 Å². The van der Waals surface area contributed by atoms with Gasteiger partial charge in [-0.25, -0.2) is 13.2 Å². The molecule has 29 heavy (non-hydrogen) atoms. The fourth-order valence-corrected chi connectivity index (χ4v) is 2.55. The number of carbonyl (C=O) groups is 1. The van der Waals surface area contributed by atoms with Crippen LogP contribution in [0.1, 0.15) is 11.1 Å². The fraction of sp³-hybridized carbons (Fsp3) is 0.0909. The number of halogens is 3. The van der Waals surface area contributed by atoms with E-state index in [0.29, 0.717) is 16.9 Å². The third-order valence-electron chi connectivity index (χ3n) is 3.88. The average molecular weight is 398 g/mol. The molecule has 148 valence electrons. The molecule has 0 radical (unpaired) electrons. The summed E-state index contributed by atoms with van der Waals surface area (Å²) in [5.41, 5.74) is 0.918. The Morgan fingerprint density at radius 3 is 2.55 bits per heavy atom. The lowest BCUT2D eigenvalue weighted by Gasteiger charge is -2.06. The van der Waals surface area contributed by atoms with E-state index in [4.69, 9.17) is 4.74 Å². The number of amides is 1. The summed E-state index contributed by atoms with van der Waals surface area (Å²) in [6.07, 6.45) is 6.04. The zero-order valence-corrected chi connectivity index (χ0v) is 15.2. The average Bonchev–Trinajstić information content (AvgIpc) is 2.68. The second kappa shape index (κ2) is 9.54. The molecule has 1 aromatic heterocycles. The van der Waals surface area contributed by atoms with Gasteiger partial charge < -0.3 is 10.1 Å². The van der Waals surface area contributed by atoms with E-state index in [2.05, 4.69) is 10.3 Å². The number of ether oxygens (including phenoxy) is 1. The zero-order chi connectivity index (χ0) is 20.6. The highest BCUT2D eigenvalue weighted by Gasteiger charge is 2.06. The van der Waals surface area contributed by atoms with Crippen molar-refractivity contribution in [3.8, 4) is 11.5 Å². The largest absolute Gasteiger partial charge is 0.453 e. The van der Waals surface area contributed by atoms with Gasteiger partial charge in [-0.1, -0.05) is 6.07 Å². The molecular weight excluding hydrogens is 381 g/mol. The molecule has 0 saturated heterocycles. The maximum atomic E-state index is 14.2. The molecule has 7 heteroatoms. The van der Waals surface area contributed by atoms with E-state index in [9.17, 15) is 18.0 Å². The minimum absolute atomic E-state index is 0.0435. The summed E-state index contributed by atoms with van der Waals surface area (Å²) in [7, 11) is 0. The Balaban J connectivity index is 1.52. The highest BCUT2D eigenvalue weighted by molar-refractivity contribution is 5.91. The summed E-state index contributed by atoms with van der Waals surface area (Å²) in [5, 5.41) is 2.60. The molecular formula is C22H17F3N2O2. The third-order valence-corrected chi connectivity index (χ3v) is 3.88. The maximum absolute atomic E-state index is 14.2. The van der Waals surface area contributed by atoms with Crippen molar-refractivity contribution in [2.24, 2.45) is 0 Å².